The fourth-order valence-corrected chi connectivity index (χ4v) is 4.70. The molecule has 0 fully saturated rings. The van der Waals surface area contributed by atoms with Crippen molar-refractivity contribution in [3.05, 3.63) is 34.9 Å². The van der Waals surface area contributed by atoms with E-state index in [4.69, 9.17) is 0 Å². The number of Topliss-reactive ketones (excluding diaryl/α,β-unsaturated/α-hetero) is 2. The molecule has 23 heavy (non-hydrogen) atoms. The minimum absolute atomic E-state index is 0.0277. The van der Waals surface area contributed by atoms with E-state index in [9.17, 15) is 14.7 Å². The molecule has 0 aromatic heterocycles. The molecule has 0 amide bonds. The molecule has 0 aliphatic heterocycles. The molecule has 1 N–H and O–H groups in total. The third kappa shape index (κ3) is 2.55. The summed E-state index contributed by atoms with van der Waals surface area (Å²) < 4.78 is 0. The molecular weight excluding hydrogens is 288 g/mol. The Balaban J connectivity index is 2.12. The summed E-state index contributed by atoms with van der Waals surface area (Å²) in [5.74, 6) is -0.384. The van der Waals surface area contributed by atoms with Crippen LogP contribution in [0, 0.1) is 17.3 Å². The van der Waals surface area contributed by atoms with Crippen molar-refractivity contribution < 1.29 is 14.7 Å². The zero-order valence-corrected chi connectivity index (χ0v) is 14.3. The molecule has 3 heteroatoms. The van der Waals surface area contributed by atoms with E-state index in [1.54, 1.807) is 13.0 Å². The molecule has 3 aliphatic carbocycles. The van der Waals surface area contributed by atoms with Gasteiger partial charge in [0.15, 0.2) is 11.6 Å². The summed E-state index contributed by atoms with van der Waals surface area (Å²) >= 11 is 0. The topological polar surface area (TPSA) is 54.4 Å². The lowest BCUT2D eigenvalue weighted by molar-refractivity contribution is -0.125. The van der Waals surface area contributed by atoms with E-state index in [0.29, 0.717) is 24.3 Å². The van der Waals surface area contributed by atoms with E-state index in [1.807, 2.05) is 0 Å². The quantitative estimate of drug-likeness (QED) is 0.549. The second-order valence-electron chi connectivity index (χ2n) is 7.94. The molecule has 0 spiro atoms. The van der Waals surface area contributed by atoms with Crippen LogP contribution < -0.4 is 0 Å². The molecule has 3 bridgehead atoms. The SMILES string of the molecule is C=C1CC[C@@H]2CCC3=C(C(=O)[C@H](C3=O)/C(C)=C\[C@@H](O)C1)C2(C)C. The Morgan fingerprint density at radius 2 is 1.83 bits per heavy atom. The standard InChI is InChI=1S/C20H26O3/c1-11-5-6-13-7-8-15-17(20(13,3)4)19(23)16(18(15)22)12(2)10-14(21)9-11/h10,13-14,16,21H,1,5-9H2,2-4H3/b12-10-/t13-,14+,16+/m1/s1. The average Bonchev–Trinajstić information content (AvgIpc) is 2.69. The van der Waals surface area contributed by atoms with Crippen molar-refractivity contribution in [3.8, 4) is 0 Å². The number of carbonyl (C=O) groups excluding carboxylic acids is 2. The van der Waals surface area contributed by atoms with E-state index in [-0.39, 0.29) is 17.0 Å². The van der Waals surface area contributed by atoms with Crippen LogP contribution in [-0.2, 0) is 9.59 Å². The van der Waals surface area contributed by atoms with Gasteiger partial charge in [0.2, 0.25) is 0 Å². The first kappa shape index (κ1) is 16.4. The lowest BCUT2D eigenvalue weighted by Crippen LogP contribution is -2.33. The number of fused-ring (bicyclic) bond motifs is 2. The van der Waals surface area contributed by atoms with E-state index < -0.39 is 12.0 Å². The summed E-state index contributed by atoms with van der Waals surface area (Å²) in [4.78, 5) is 25.8. The van der Waals surface area contributed by atoms with Gasteiger partial charge in [0.1, 0.15) is 5.92 Å². The molecular formula is C20H26O3. The maximum atomic E-state index is 13.0. The first-order valence-electron chi connectivity index (χ1n) is 8.58. The number of rotatable bonds is 0. The largest absolute Gasteiger partial charge is 0.389 e. The van der Waals surface area contributed by atoms with E-state index in [2.05, 4.69) is 20.4 Å². The highest BCUT2D eigenvalue weighted by Gasteiger charge is 2.51. The van der Waals surface area contributed by atoms with Crippen molar-refractivity contribution in [3.63, 3.8) is 0 Å². The Bertz CT molecular complexity index is 648. The van der Waals surface area contributed by atoms with Gasteiger partial charge >= 0.3 is 0 Å². The van der Waals surface area contributed by atoms with Crippen molar-refractivity contribution in [2.45, 2.75) is 59.0 Å². The summed E-state index contributed by atoms with van der Waals surface area (Å²) in [6.45, 7) is 10.1. The second-order valence-corrected chi connectivity index (χ2v) is 7.94. The molecule has 124 valence electrons. The summed E-state index contributed by atoms with van der Waals surface area (Å²) in [5, 5.41) is 10.2. The Morgan fingerprint density at radius 1 is 1.17 bits per heavy atom. The van der Waals surface area contributed by atoms with Crippen molar-refractivity contribution in [2.75, 3.05) is 0 Å². The van der Waals surface area contributed by atoms with Gasteiger partial charge in [0.25, 0.3) is 0 Å². The van der Waals surface area contributed by atoms with Crippen LogP contribution in [0.2, 0.25) is 0 Å². The van der Waals surface area contributed by atoms with Crippen LogP contribution >= 0.6 is 0 Å². The zero-order valence-electron chi connectivity index (χ0n) is 14.3. The molecule has 0 aromatic rings. The van der Waals surface area contributed by atoms with E-state index in [0.717, 1.165) is 36.0 Å². The summed E-state index contributed by atoms with van der Waals surface area (Å²) in [7, 11) is 0. The first-order valence-corrected chi connectivity index (χ1v) is 8.58. The molecule has 0 radical (unpaired) electrons. The molecule has 3 aliphatic rings. The predicted octanol–water partition coefficient (Wildman–Crippen LogP) is 3.53. The highest BCUT2D eigenvalue weighted by molar-refractivity contribution is 6.26. The number of hydrogen-bond acceptors (Lipinski definition) is 3. The first-order chi connectivity index (χ1) is 10.7. The fraction of sp³-hybridized carbons (Fsp3) is 0.600. The van der Waals surface area contributed by atoms with Crippen LogP contribution in [0.4, 0.5) is 0 Å². The Hall–Kier alpha value is -1.48. The van der Waals surface area contributed by atoms with Crippen LogP contribution in [-0.4, -0.2) is 22.8 Å². The number of aliphatic hydroxyl groups excluding tert-OH is 1. The van der Waals surface area contributed by atoms with Gasteiger partial charge in [-0.25, -0.2) is 0 Å². The molecule has 0 aromatic carbocycles. The Labute approximate surface area is 138 Å². The van der Waals surface area contributed by atoms with Crippen molar-refractivity contribution in [1.82, 2.24) is 0 Å². The molecule has 0 saturated heterocycles. The maximum absolute atomic E-state index is 13.0. The highest BCUT2D eigenvalue weighted by Crippen LogP contribution is 2.52. The predicted molar refractivity (Wildman–Crippen MR) is 89.8 cm³/mol. The number of aliphatic hydroxyl groups is 1. The zero-order chi connectivity index (χ0) is 16.9. The third-order valence-corrected chi connectivity index (χ3v) is 6.03. The normalized spacial score (nSPS) is 36.6. The smallest absolute Gasteiger partial charge is 0.174 e. The maximum Gasteiger partial charge on any atom is 0.174 e. The van der Waals surface area contributed by atoms with Crippen molar-refractivity contribution >= 4 is 11.6 Å². The Morgan fingerprint density at radius 3 is 2.52 bits per heavy atom. The fourth-order valence-electron chi connectivity index (χ4n) is 4.70. The minimum atomic E-state index is -0.708. The van der Waals surface area contributed by atoms with Gasteiger partial charge in [0.05, 0.1) is 6.10 Å². The summed E-state index contributed by atoms with van der Waals surface area (Å²) in [5.41, 5.74) is 2.98. The Kier molecular flexibility index (Phi) is 3.96. The van der Waals surface area contributed by atoms with E-state index in [1.165, 1.54) is 0 Å². The van der Waals surface area contributed by atoms with E-state index >= 15 is 0 Å². The van der Waals surface area contributed by atoms with Crippen LogP contribution in [0.15, 0.2) is 34.9 Å². The van der Waals surface area contributed by atoms with Crippen molar-refractivity contribution in [2.24, 2.45) is 17.3 Å². The number of hydrogen-bond donors (Lipinski definition) is 1. The van der Waals surface area contributed by atoms with Gasteiger partial charge in [-0.3, -0.25) is 9.59 Å². The second kappa shape index (κ2) is 5.55. The van der Waals surface area contributed by atoms with Gasteiger partial charge in [-0.05, 0) is 50.4 Å². The monoisotopic (exact) mass is 314 g/mol. The van der Waals surface area contributed by atoms with Gasteiger partial charge in [-0.15, -0.1) is 0 Å². The molecule has 3 rings (SSSR count). The third-order valence-electron chi connectivity index (χ3n) is 6.03. The van der Waals surface area contributed by atoms with Crippen molar-refractivity contribution in [1.29, 1.82) is 0 Å². The van der Waals surface area contributed by atoms with Gasteiger partial charge in [-0.1, -0.05) is 37.6 Å². The van der Waals surface area contributed by atoms with Crippen LogP contribution in [0.3, 0.4) is 0 Å². The van der Waals surface area contributed by atoms with Gasteiger partial charge < -0.3 is 5.11 Å². The van der Waals surface area contributed by atoms with Gasteiger partial charge in [-0.2, -0.15) is 0 Å². The highest BCUT2D eigenvalue weighted by atomic mass is 16.3. The van der Waals surface area contributed by atoms with Crippen LogP contribution in [0.25, 0.3) is 0 Å². The molecule has 3 atom stereocenters. The molecule has 0 saturated carbocycles. The minimum Gasteiger partial charge on any atom is -0.389 e. The lowest BCUT2D eigenvalue weighted by Gasteiger charge is -2.39. The lowest BCUT2D eigenvalue weighted by atomic mass is 9.64. The number of allylic oxidation sites excluding steroid dienone is 3. The molecule has 0 unspecified atom stereocenters. The van der Waals surface area contributed by atoms with Gasteiger partial charge in [0, 0.05) is 11.1 Å². The van der Waals surface area contributed by atoms with Crippen LogP contribution in [0.1, 0.15) is 52.9 Å². The molecule has 3 nitrogen and oxygen atoms in total. The summed E-state index contributed by atoms with van der Waals surface area (Å²) in [6, 6.07) is 0. The van der Waals surface area contributed by atoms with Crippen LogP contribution in [0.5, 0.6) is 0 Å². The average molecular weight is 314 g/mol. The summed E-state index contributed by atoms with van der Waals surface area (Å²) in [6.07, 6.45) is 5.02. The molecule has 0 heterocycles. The number of ketones is 2. The number of carbonyl (C=O) groups is 2.